The first-order valence-corrected chi connectivity index (χ1v) is 6.72. The third-order valence-corrected chi connectivity index (χ3v) is 3.84. The van der Waals surface area contributed by atoms with Crippen molar-refractivity contribution in [3.63, 3.8) is 0 Å². The van der Waals surface area contributed by atoms with Crippen molar-refractivity contribution in [1.82, 2.24) is 10.5 Å². The quantitative estimate of drug-likeness (QED) is 0.907. The first kappa shape index (κ1) is 13.8. The van der Waals surface area contributed by atoms with Crippen LogP contribution >= 0.6 is 0 Å². The molecule has 2 rings (SSSR count). The van der Waals surface area contributed by atoms with Crippen molar-refractivity contribution in [3.05, 3.63) is 51.9 Å². The lowest BCUT2D eigenvalue weighted by molar-refractivity contribution is 0.390. The summed E-state index contributed by atoms with van der Waals surface area (Å²) >= 11 is 0. The van der Waals surface area contributed by atoms with E-state index in [0.717, 1.165) is 18.0 Å². The summed E-state index contributed by atoms with van der Waals surface area (Å²) in [7, 11) is 0. The molecule has 0 bridgehead atoms. The van der Waals surface area contributed by atoms with Crippen LogP contribution in [0.25, 0.3) is 0 Å². The molecule has 0 aliphatic carbocycles. The Morgan fingerprint density at radius 3 is 2.58 bits per heavy atom. The van der Waals surface area contributed by atoms with Gasteiger partial charge in [0.05, 0.1) is 5.69 Å². The molecule has 0 amide bonds. The molecule has 0 aliphatic heterocycles. The number of nitrogens with one attached hydrogen (secondary N) is 1. The average Bonchev–Trinajstić information content (AvgIpc) is 2.71. The predicted octanol–water partition coefficient (Wildman–Crippen LogP) is 3.76. The van der Waals surface area contributed by atoms with Gasteiger partial charge in [-0.15, -0.1) is 0 Å². The Morgan fingerprint density at radius 2 is 1.95 bits per heavy atom. The molecule has 0 fully saturated rings. The molecule has 1 atom stereocenters. The van der Waals surface area contributed by atoms with E-state index in [1.165, 1.54) is 22.3 Å². The van der Waals surface area contributed by atoms with Gasteiger partial charge < -0.3 is 9.84 Å². The van der Waals surface area contributed by atoms with E-state index in [9.17, 15) is 0 Å². The minimum absolute atomic E-state index is 0.242. The summed E-state index contributed by atoms with van der Waals surface area (Å²) < 4.78 is 5.22. The molecule has 1 N–H and O–H groups in total. The van der Waals surface area contributed by atoms with Crippen molar-refractivity contribution in [2.24, 2.45) is 0 Å². The van der Waals surface area contributed by atoms with E-state index in [-0.39, 0.29) is 6.04 Å². The monoisotopic (exact) mass is 258 g/mol. The fourth-order valence-corrected chi connectivity index (χ4v) is 2.48. The smallest absolute Gasteiger partial charge is 0.138 e. The van der Waals surface area contributed by atoms with E-state index >= 15 is 0 Å². The second kappa shape index (κ2) is 5.57. The second-order valence-corrected chi connectivity index (χ2v) is 5.20. The predicted molar refractivity (Wildman–Crippen MR) is 77.1 cm³/mol. The molecule has 1 aromatic heterocycles. The Hall–Kier alpha value is -1.61. The van der Waals surface area contributed by atoms with E-state index in [4.69, 9.17) is 4.52 Å². The number of hydrogen-bond donors (Lipinski definition) is 1. The van der Waals surface area contributed by atoms with Crippen LogP contribution in [0.3, 0.4) is 0 Å². The lowest BCUT2D eigenvalue weighted by Crippen LogP contribution is -2.19. The maximum absolute atomic E-state index is 5.22. The third-order valence-electron chi connectivity index (χ3n) is 3.84. The molecular formula is C16H22N2O. The zero-order valence-electron chi connectivity index (χ0n) is 12.4. The topological polar surface area (TPSA) is 38.1 Å². The molecule has 1 heterocycles. The molecule has 102 valence electrons. The molecule has 0 saturated heterocycles. The van der Waals surface area contributed by atoms with Gasteiger partial charge in [-0.1, -0.05) is 23.4 Å². The normalized spacial score (nSPS) is 12.7. The fraction of sp³-hybridized carbons (Fsp3) is 0.438. The number of nitrogens with zero attached hydrogens (tertiary/aromatic N) is 1. The van der Waals surface area contributed by atoms with Gasteiger partial charge in [0.15, 0.2) is 0 Å². The third kappa shape index (κ3) is 2.87. The van der Waals surface area contributed by atoms with Crippen LogP contribution in [0.5, 0.6) is 0 Å². The van der Waals surface area contributed by atoms with Crippen molar-refractivity contribution < 1.29 is 4.52 Å². The van der Waals surface area contributed by atoms with Gasteiger partial charge in [-0.3, -0.25) is 0 Å². The van der Waals surface area contributed by atoms with Crippen molar-refractivity contribution in [1.29, 1.82) is 0 Å². The first-order chi connectivity index (χ1) is 9.00. The second-order valence-electron chi connectivity index (χ2n) is 5.20. The molecule has 1 unspecified atom stereocenters. The Kier molecular flexibility index (Phi) is 4.05. The van der Waals surface area contributed by atoms with Crippen LogP contribution in [0.4, 0.5) is 0 Å². The summed E-state index contributed by atoms with van der Waals surface area (Å²) in [5, 5.41) is 7.56. The molecule has 19 heavy (non-hydrogen) atoms. The molecule has 1 aromatic carbocycles. The summed E-state index contributed by atoms with van der Waals surface area (Å²) in [4.78, 5) is 0. The van der Waals surface area contributed by atoms with Crippen LogP contribution in [0.15, 0.2) is 22.7 Å². The van der Waals surface area contributed by atoms with E-state index in [2.05, 4.69) is 49.4 Å². The molecule has 2 aromatic rings. The standard InChI is InChI=1S/C16H22N2O/c1-10-7-6-8-15(11(10)2)9-17-12(3)16-13(4)18-19-14(16)5/h6-8,12,17H,9H2,1-5H3. The highest BCUT2D eigenvalue weighted by Gasteiger charge is 2.16. The highest BCUT2D eigenvalue weighted by Crippen LogP contribution is 2.22. The molecule has 0 radical (unpaired) electrons. The Balaban J connectivity index is 2.09. The molecule has 3 heteroatoms. The van der Waals surface area contributed by atoms with Gasteiger partial charge >= 0.3 is 0 Å². The Morgan fingerprint density at radius 1 is 1.21 bits per heavy atom. The lowest BCUT2D eigenvalue weighted by Gasteiger charge is -2.15. The van der Waals surface area contributed by atoms with Gasteiger partial charge in [0.2, 0.25) is 0 Å². The highest BCUT2D eigenvalue weighted by molar-refractivity contribution is 5.33. The van der Waals surface area contributed by atoms with Crippen molar-refractivity contribution >= 4 is 0 Å². The minimum atomic E-state index is 0.242. The van der Waals surface area contributed by atoms with Crippen molar-refractivity contribution in [2.45, 2.75) is 47.2 Å². The summed E-state index contributed by atoms with van der Waals surface area (Å²) in [6, 6.07) is 6.68. The van der Waals surface area contributed by atoms with Crippen LogP contribution in [0.1, 0.15) is 46.7 Å². The average molecular weight is 258 g/mol. The maximum atomic E-state index is 5.22. The van der Waals surface area contributed by atoms with E-state index in [1.54, 1.807) is 0 Å². The zero-order valence-corrected chi connectivity index (χ0v) is 12.4. The SMILES string of the molecule is Cc1cccc(CNC(C)c2c(C)noc2C)c1C. The van der Waals surface area contributed by atoms with E-state index in [1.807, 2.05) is 13.8 Å². The van der Waals surface area contributed by atoms with Crippen LogP contribution < -0.4 is 5.32 Å². The van der Waals surface area contributed by atoms with Gasteiger partial charge in [0.25, 0.3) is 0 Å². The lowest BCUT2D eigenvalue weighted by atomic mass is 10.0. The van der Waals surface area contributed by atoms with Crippen LogP contribution in [0.2, 0.25) is 0 Å². The van der Waals surface area contributed by atoms with Gasteiger partial charge in [-0.2, -0.15) is 0 Å². The summed E-state index contributed by atoms with van der Waals surface area (Å²) in [5.41, 5.74) is 6.19. The molecule has 3 nitrogen and oxygen atoms in total. The van der Waals surface area contributed by atoms with Gasteiger partial charge in [0.1, 0.15) is 5.76 Å². The number of aromatic nitrogens is 1. The van der Waals surface area contributed by atoms with E-state index in [0.29, 0.717) is 0 Å². The Bertz CT molecular complexity index is 553. The summed E-state index contributed by atoms with van der Waals surface area (Å²) in [5.74, 6) is 0.901. The van der Waals surface area contributed by atoms with Gasteiger partial charge in [-0.25, -0.2) is 0 Å². The number of hydrogen-bond acceptors (Lipinski definition) is 3. The van der Waals surface area contributed by atoms with Gasteiger partial charge in [-0.05, 0) is 51.3 Å². The number of benzene rings is 1. The van der Waals surface area contributed by atoms with Gasteiger partial charge in [0, 0.05) is 18.2 Å². The first-order valence-electron chi connectivity index (χ1n) is 6.72. The highest BCUT2D eigenvalue weighted by atomic mass is 16.5. The largest absolute Gasteiger partial charge is 0.361 e. The zero-order chi connectivity index (χ0) is 14.0. The Labute approximate surface area is 115 Å². The van der Waals surface area contributed by atoms with Crippen LogP contribution in [-0.2, 0) is 6.54 Å². The molecular weight excluding hydrogens is 236 g/mol. The van der Waals surface area contributed by atoms with Crippen LogP contribution in [-0.4, -0.2) is 5.16 Å². The summed E-state index contributed by atoms with van der Waals surface area (Å²) in [6.07, 6.45) is 0. The fourth-order valence-electron chi connectivity index (χ4n) is 2.48. The van der Waals surface area contributed by atoms with Crippen LogP contribution in [0, 0.1) is 27.7 Å². The molecule has 0 spiro atoms. The van der Waals surface area contributed by atoms with Crippen molar-refractivity contribution in [2.75, 3.05) is 0 Å². The van der Waals surface area contributed by atoms with Crippen molar-refractivity contribution in [3.8, 4) is 0 Å². The maximum Gasteiger partial charge on any atom is 0.138 e. The minimum Gasteiger partial charge on any atom is -0.361 e. The number of rotatable bonds is 4. The molecule has 0 saturated carbocycles. The van der Waals surface area contributed by atoms with E-state index < -0.39 is 0 Å². The summed E-state index contributed by atoms with van der Waals surface area (Å²) in [6.45, 7) is 11.3. The number of aryl methyl sites for hydroxylation is 3. The molecule has 0 aliphatic rings.